The summed E-state index contributed by atoms with van der Waals surface area (Å²) in [5.74, 6) is -0.423. The molecule has 1 aromatic carbocycles. The molecule has 22 heavy (non-hydrogen) atoms. The Balaban J connectivity index is 1.86. The van der Waals surface area contributed by atoms with Gasteiger partial charge in [-0.05, 0) is 40.5 Å². The third-order valence-electron chi connectivity index (χ3n) is 3.22. The summed E-state index contributed by atoms with van der Waals surface area (Å²) in [6.07, 6.45) is 1.51. The van der Waals surface area contributed by atoms with Crippen LogP contribution in [0.15, 0.2) is 53.1 Å². The van der Waals surface area contributed by atoms with E-state index in [4.69, 9.17) is 4.74 Å². The van der Waals surface area contributed by atoms with Gasteiger partial charge < -0.3 is 4.74 Å². The summed E-state index contributed by atoms with van der Waals surface area (Å²) in [6.45, 7) is 2.12. The minimum atomic E-state index is -0.423. The standard InChI is InChI=1S/C17H13BrN2O2/c1-11-7-8-14-16(20-11)15(18)13(9-19-14)17(21)22-10-12-5-3-2-4-6-12/h2-9H,10H2,1H3. The molecule has 0 bridgehead atoms. The van der Waals surface area contributed by atoms with E-state index in [1.165, 1.54) is 6.20 Å². The summed E-state index contributed by atoms with van der Waals surface area (Å²) < 4.78 is 5.95. The fraction of sp³-hybridized carbons (Fsp3) is 0.118. The molecular formula is C17H13BrN2O2. The first-order valence-electron chi connectivity index (χ1n) is 6.78. The average molecular weight is 357 g/mol. The molecule has 0 unspecified atom stereocenters. The first kappa shape index (κ1) is 14.7. The van der Waals surface area contributed by atoms with Crippen molar-refractivity contribution in [2.45, 2.75) is 13.5 Å². The van der Waals surface area contributed by atoms with Crippen LogP contribution < -0.4 is 0 Å². The van der Waals surface area contributed by atoms with Gasteiger partial charge in [0.05, 0.1) is 15.6 Å². The molecule has 0 spiro atoms. The summed E-state index contributed by atoms with van der Waals surface area (Å²) >= 11 is 3.44. The smallest absolute Gasteiger partial charge is 0.341 e. The Kier molecular flexibility index (Phi) is 4.15. The lowest BCUT2D eigenvalue weighted by atomic mass is 10.2. The summed E-state index contributed by atoms with van der Waals surface area (Å²) in [4.78, 5) is 20.9. The Morgan fingerprint density at radius 3 is 2.73 bits per heavy atom. The summed E-state index contributed by atoms with van der Waals surface area (Å²) in [7, 11) is 0. The number of hydrogen-bond donors (Lipinski definition) is 0. The third-order valence-corrected chi connectivity index (χ3v) is 4.03. The lowest BCUT2D eigenvalue weighted by Gasteiger charge is -2.08. The van der Waals surface area contributed by atoms with Gasteiger partial charge in [-0.3, -0.25) is 9.97 Å². The fourth-order valence-electron chi connectivity index (χ4n) is 2.08. The van der Waals surface area contributed by atoms with Gasteiger partial charge >= 0.3 is 5.97 Å². The fourth-order valence-corrected chi connectivity index (χ4v) is 2.63. The van der Waals surface area contributed by atoms with Gasteiger partial charge in [-0.1, -0.05) is 30.3 Å². The second kappa shape index (κ2) is 6.23. The average Bonchev–Trinajstić information content (AvgIpc) is 2.54. The molecule has 0 fully saturated rings. The minimum Gasteiger partial charge on any atom is -0.457 e. The van der Waals surface area contributed by atoms with Gasteiger partial charge in [0.25, 0.3) is 0 Å². The van der Waals surface area contributed by atoms with Crippen LogP contribution >= 0.6 is 15.9 Å². The van der Waals surface area contributed by atoms with E-state index < -0.39 is 5.97 Å². The number of aromatic nitrogens is 2. The molecule has 2 heterocycles. The van der Waals surface area contributed by atoms with Crippen molar-refractivity contribution in [1.82, 2.24) is 9.97 Å². The lowest BCUT2D eigenvalue weighted by Crippen LogP contribution is -2.07. The molecule has 2 aromatic heterocycles. The van der Waals surface area contributed by atoms with Crippen LogP contribution in [0.5, 0.6) is 0 Å². The second-order valence-corrected chi connectivity index (χ2v) is 5.66. The van der Waals surface area contributed by atoms with Crippen molar-refractivity contribution in [3.05, 3.63) is 70.0 Å². The molecule has 0 N–H and O–H groups in total. The number of rotatable bonds is 3. The molecule has 110 valence electrons. The number of ether oxygens (including phenoxy) is 1. The van der Waals surface area contributed by atoms with E-state index >= 15 is 0 Å². The van der Waals surface area contributed by atoms with Crippen molar-refractivity contribution < 1.29 is 9.53 Å². The zero-order valence-corrected chi connectivity index (χ0v) is 13.5. The highest BCUT2D eigenvalue weighted by atomic mass is 79.9. The van der Waals surface area contributed by atoms with Crippen LogP contribution in [-0.4, -0.2) is 15.9 Å². The molecule has 5 heteroatoms. The Morgan fingerprint density at radius 2 is 1.95 bits per heavy atom. The van der Waals surface area contributed by atoms with Crippen molar-refractivity contribution in [2.75, 3.05) is 0 Å². The molecular weight excluding hydrogens is 344 g/mol. The van der Waals surface area contributed by atoms with Crippen molar-refractivity contribution >= 4 is 32.9 Å². The first-order valence-corrected chi connectivity index (χ1v) is 7.57. The number of fused-ring (bicyclic) bond motifs is 1. The van der Waals surface area contributed by atoms with Gasteiger partial charge in [0.1, 0.15) is 12.1 Å². The minimum absolute atomic E-state index is 0.228. The molecule has 4 nitrogen and oxygen atoms in total. The van der Waals surface area contributed by atoms with Crippen LogP contribution in [0.2, 0.25) is 0 Å². The van der Waals surface area contributed by atoms with Crippen molar-refractivity contribution in [2.24, 2.45) is 0 Å². The lowest BCUT2D eigenvalue weighted by molar-refractivity contribution is 0.0471. The number of esters is 1. The SMILES string of the molecule is Cc1ccc2ncc(C(=O)OCc3ccccc3)c(Br)c2n1. The Morgan fingerprint density at radius 1 is 1.18 bits per heavy atom. The molecule has 0 amide bonds. The maximum absolute atomic E-state index is 12.2. The normalized spacial score (nSPS) is 10.6. The maximum atomic E-state index is 12.2. The third kappa shape index (κ3) is 2.99. The number of carbonyl (C=O) groups excluding carboxylic acids is 1. The molecule has 0 radical (unpaired) electrons. The van der Waals surface area contributed by atoms with Crippen molar-refractivity contribution in [3.8, 4) is 0 Å². The molecule has 0 atom stereocenters. The highest BCUT2D eigenvalue weighted by Crippen LogP contribution is 2.25. The number of halogens is 1. The molecule has 3 aromatic rings. The van der Waals surface area contributed by atoms with E-state index in [0.717, 1.165) is 16.8 Å². The van der Waals surface area contributed by atoms with E-state index in [0.29, 0.717) is 15.6 Å². The highest BCUT2D eigenvalue weighted by Gasteiger charge is 2.16. The van der Waals surface area contributed by atoms with E-state index in [1.807, 2.05) is 49.4 Å². The molecule has 0 aliphatic rings. The summed E-state index contributed by atoms with van der Waals surface area (Å²) in [5.41, 5.74) is 3.58. The topological polar surface area (TPSA) is 52.1 Å². The molecule has 0 saturated carbocycles. The van der Waals surface area contributed by atoms with Crippen LogP contribution in [0.3, 0.4) is 0 Å². The van der Waals surface area contributed by atoms with E-state index in [1.54, 1.807) is 0 Å². The number of nitrogens with zero attached hydrogens (tertiary/aromatic N) is 2. The van der Waals surface area contributed by atoms with Crippen LogP contribution in [-0.2, 0) is 11.3 Å². The Labute approximate surface area is 136 Å². The van der Waals surface area contributed by atoms with Gasteiger partial charge in [0, 0.05) is 11.9 Å². The second-order valence-electron chi connectivity index (χ2n) is 4.87. The van der Waals surface area contributed by atoms with E-state index in [9.17, 15) is 4.79 Å². The Hall–Kier alpha value is -2.27. The predicted molar refractivity (Wildman–Crippen MR) is 87.5 cm³/mol. The van der Waals surface area contributed by atoms with Crippen LogP contribution in [0.1, 0.15) is 21.6 Å². The van der Waals surface area contributed by atoms with Crippen molar-refractivity contribution in [1.29, 1.82) is 0 Å². The Bertz CT molecular complexity index is 835. The molecule has 0 aliphatic heterocycles. The van der Waals surface area contributed by atoms with Crippen LogP contribution in [0, 0.1) is 6.92 Å². The highest BCUT2D eigenvalue weighted by molar-refractivity contribution is 9.10. The number of aryl methyl sites for hydroxylation is 1. The maximum Gasteiger partial charge on any atom is 0.341 e. The van der Waals surface area contributed by atoms with E-state index in [2.05, 4.69) is 25.9 Å². The molecule has 0 aliphatic carbocycles. The first-order chi connectivity index (χ1) is 10.6. The zero-order valence-electron chi connectivity index (χ0n) is 11.9. The van der Waals surface area contributed by atoms with Crippen LogP contribution in [0.4, 0.5) is 0 Å². The summed E-state index contributed by atoms with van der Waals surface area (Å²) in [5, 5.41) is 0. The summed E-state index contributed by atoms with van der Waals surface area (Å²) in [6, 6.07) is 13.3. The zero-order chi connectivity index (χ0) is 15.5. The van der Waals surface area contributed by atoms with E-state index in [-0.39, 0.29) is 6.61 Å². The van der Waals surface area contributed by atoms with Gasteiger partial charge in [-0.25, -0.2) is 4.79 Å². The number of hydrogen-bond acceptors (Lipinski definition) is 4. The monoisotopic (exact) mass is 356 g/mol. The van der Waals surface area contributed by atoms with Gasteiger partial charge in [0.15, 0.2) is 0 Å². The van der Waals surface area contributed by atoms with Crippen LogP contribution in [0.25, 0.3) is 11.0 Å². The van der Waals surface area contributed by atoms with Crippen molar-refractivity contribution in [3.63, 3.8) is 0 Å². The van der Waals surface area contributed by atoms with Gasteiger partial charge in [-0.15, -0.1) is 0 Å². The quantitative estimate of drug-likeness (QED) is 0.664. The number of carbonyl (C=O) groups is 1. The predicted octanol–water partition coefficient (Wildman–Crippen LogP) is 4.06. The number of benzene rings is 1. The molecule has 3 rings (SSSR count). The van der Waals surface area contributed by atoms with Gasteiger partial charge in [-0.2, -0.15) is 0 Å². The largest absolute Gasteiger partial charge is 0.457 e. The molecule has 0 saturated heterocycles. The van der Waals surface area contributed by atoms with Gasteiger partial charge in [0.2, 0.25) is 0 Å². The number of pyridine rings is 2.